The molecule has 0 heterocycles. The molecule has 0 spiro atoms. The van der Waals surface area contributed by atoms with Gasteiger partial charge in [0.2, 0.25) is 11.8 Å². The molecule has 16 heavy (non-hydrogen) atoms. The van der Waals surface area contributed by atoms with Crippen molar-refractivity contribution in [1.29, 1.82) is 0 Å². The van der Waals surface area contributed by atoms with Crippen LogP contribution in [0.15, 0.2) is 0 Å². The van der Waals surface area contributed by atoms with Gasteiger partial charge in [-0.1, -0.05) is 32.6 Å². The van der Waals surface area contributed by atoms with E-state index in [0.29, 0.717) is 6.54 Å². The number of hydrazine groups is 1. The summed E-state index contributed by atoms with van der Waals surface area (Å²) in [6, 6.07) is 0. The lowest BCUT2D eigenvalue weighted by Gasteiger charge is -2.16. The highest BCUT2D eigenvalue weighted by Gasteiger charge is 2.12. The molecule has 0 saturated carbocycles. The smallest absolute Gasteiger partial charge is 0.243 e. The van der Waals surface area contributed by atoms with Crippen LogP contribution in [0.25, 0.3) is 0 Å². The molecule has 0 saturated heterocycles. The summed E-state index contributed by atoms with van der Waals surface area (Å²) < 4.78 is 0. The Labute approximate surface area is 97.3 Å². The molecule has 0 atom stereocenters. The van der Waals surface area contributed by atoms with E-state index in [1.807, 2.05) is 5.43 Å². The standard InChI is InChI=1S/C11H23N3O2/c1-3-4-5-6-7-8-14(2)11(16)9-10(15)13-12/h3-9,12H2,1-2H3,(H,13,15). The van der Waals surface area contributed by atoms with Gasteiger partial charge in [0.05, 0.1) is 0 Å². The van der Waals surface area contributed by atoms with Crippen LogP contribution in [0, 0.1) is 0 Å². The molecule has 0 aromatic carbocycles. The highest BCUT2D eigenvalue weighted by Crippen LogP contribution is 2.03. The lowest BCUT2D eigenvalue weighted by atomic mass is 10.1. The highest BCUT2D eigenvalue weighted by atomic mass is 16.2. The molecular formula is C11H23N3O2. The van der Waals surface area contributed by atoms with Crippen molar-refractivity contribution in [3.63, 3.8) is 0 Å². The first-order valence-electron chi connectivity index (χ1n) is 5.85. The van der Waals surface area contributed by atoms with Crippen molar-refractivity contribution in [3.8, 4) is 0 Å². The number of unbranched alkanes of at least 4 members (excludes halogenated alkanes) is 4. The van der Waals surface area contributed by atoms with Gasteiger partial charge in [0, 0.05) is 13.6 Å². The Morgan fingerprint density at radius 3 is 2.38 bits per heavy atom. The Bertz CT molecular complexity index is 219. The van der Waals surface area contributed by atoms with E-state index in [-0.39, 0.29) is 12.3 Å². The second-order valence-corrected chi connectivity index (χ2v) is 3.97. The fraction of sp³-hybridized carbons (Fsp3) is 0.818. The molecular weight excluding hydrogens is 206 g/mol. The predicted molar refractivity (Wildman–Crippen MR) is 63.3 cm³/mol. The molecule has 3 N–H and O–H groups in total. The molecule has 0 fully saturated rings. The van der Waals surface area contributed by atoms with E-state index in [4.69, 9.17) is 5.84 Å². The topological polar surface area (TPSA) is 75.4 Å². The van der Waals surface area contributed by atoms with E-state index in [1.165, 1.54) is 19.3 Å². The van der Waals surface area contributed by atoms with Crippen LogP contribution in [0.5, 0.6) is 0 Å². The number of nitrogens with zero attached hydrogens (tertiary/aromatic N) is 1. The maximum atomic E-state index is 11.4. The quantitative estimate of drug-likeness (QED) is 0.212. The van der Waals surface area contributed by atoms with Crippen LogP contribution < -0.4 is 11.3 Å². The van der Waals surface area contributed by atoms with Gasteiger partial charge < -0.3 is 4.90 Å². The predicted octanol–water partition coefficient (Wildman–Crippen LogP) is 0.795. The minimum Gasteiger partial charge on any atom is -0.345 e. The van der Waals surface area contributed by atoms with Crippen molar-refractivity contribution in [1.82, 2.24) is 10.3 Å². The van der Waals surface area contributed by atoms with Crippen molar-refractivity contribution < 1.29 is 9.59 Å². The van der Waals surface area contributed by atoms with Gasteiger partial charge in [-0.2, -0.15) is 0 Å². The van der Waals surface area contributed by atoms with E-state index < -0.39 is 5.91 Å². The molecule has 0 radical (unpaired) electrons. The van der Waals surface area contributed by atoms with Crippen LogP contribution in [-0.2, 0) is 9.59 Å². The summed E-state index contributed by atoms with van der Waals surface area (Å²) in [5.74, 6) is 4.28. The third-order valence-corrected chi connectivity index (χ3v) is 2.50. The first-order valence-corrected chi connectivity index (χ1v) is 5.85. The summed E-state index contributed by atoms with van der Waals surface area (Å²) in [5.41, 5.74) is 1.95. The van der Waals surface area contributed by atoms with E-state index >= 15 is 0 Å². The van der Waals surface area contributed by atoms with Gasteiger partial charge in [-0.05, 0) is 6.42 Å². The number of hydrogen-bond donors (Lipinski definition) is 2. The third kappa shape index (κ3) is 7.23. The average molecular weight is 229 g/mol. The third-order valence-electron chi connectivity index (χ3n) is 2.50. The van der Waals surface area contributed by atoms with Gasteiger partial charge >= 0.3 is 0 Å². The molecule has 0 aromatic rings. The van der Waals surface area contributed by atoms with Crippen molar-refractivity contribution in [2.75, 3.05) is 13.6 Å². The van der Waals surface area contributed by atoms with Crippen LogP contribution in [-0.4, -0.2) is 30.3 Å². The molecule has 0 bridgehead atoms. The van der Waals surface area contributed by atoms with Gasteiger partial charge in [0.25, 0.3) is 0 Å². The first-order chi connectivity index (χ1) is 7.61. The van der Waals surface area contributed by atoms with Crippen molar-refractivity contribution in [2.24, 2.45) is 5.84 Å². The molecule has 5 heteroatoms. The summed E-state index contributed by atoms with van der Waals surface area (Å²) in [6.45, 7) is 2.88. The summed E-state index contributed by atoms with van der Waals surface area (Å²) >= 11 is 0. The van der Waals surface area contributed by atoms with E-state index in [1.54, 1.807) is 11.9 Å². The molecule has 94 valence electrons. The van der Waals surface area contributed by atoms with Gasteiger partial charge in [0.15, 0.2) is 0 Å². The average Bonchev–Trinajstić information content (AvgIpc) is 2.28. The number of nitrogens with one attached hydrogen (secondary N) is 1. The zero-order chi connectivity index (χ0) is 12.4. The largest absolute Gasteiger partial charge is 0.345 e. The summed E-state index contributed by atoms with van der Waals surface area (Å²) in [5, 5.41) is 0. The van der Waals surface area contributed by atoms with Crippen LogP contribution in [0.1, 0.15) is 45.4 Å². The lowest BCUT2D eigenvalue weighted by molar-refractivity contribution is -0.135. The number of carbonyl (C=O) groups excluding carboxylic acids is 2. The van der Waals surface area contributed by atoms with Crippen molar-refractivity contribution >= 4 is 11.8 Å². The number of hydrogen-bond acceptors (Lipinski definition) is 3. The second kappa shape index (κ2) is 9.15. The summed E-state index contributed by atoms with van der Waals surface area (Å²) in [7, 11) is 1.71. The number of carbonyl (C=O) groups is 2. The van der Waals surface area contributed by atoms with Crippen LogP contribution in [0.3, 0.4) is 0 Å². The SMILES string of the molecule is CCCCCCCN(C)C(=O)CC(=O)NN. The molecule has 0 aliphatic carbocycles. The number of rotatable bonds is 8. The second-order valence-electron chi connectivity index (χ2n) is 3.97. The Balaban J connectivity index is 3.59. The molecule has 0 rings (SSSR count). The summed E-state index contributed by atoms with van der Waals surface area (Å²) in [6.07, 6.45) is 5.63. The molecule has 0 aromatic heterocycles. The zero-order valence-corrected chi connectivity index (χ0v) is 10.3. The number of amides is 2. The fourth-order valence-corrected chi connectivity index (χ4v) is 1.40. The molecule has 0 aliphatic heterocycles. The van der Waals surface area contributed by atoms with E-state index in [2.05, 4.69) is 6.92 Å². The molecule has 2 amide bonds. The zero-order valence-electron chi connectivity index (χ0n) is 10.3. The normalized spacial score (nSPS) is 9.94. The first kappa shape index (κ1) is 14.9. The Hall–Kier alpha value is -1.10. The minimum atomic E-state index is -0.442. The number of nitrogens with two attached hydrogens (primary N) is 1. The fourth-order valence-electron chi connectivity index (χ4n) is 1.40. The Kier molecular flexibility index (Phi) is 8.52. The van der Waals surface area contributed by atoms with Crippen LogP contribution >= 0.6 is 0 Å². The minimum absolute atomic E-state index is 0.165. The Morgan fingerprint density at radius 2 is 1.81 bits per heavy atom. The van der Waals surface area contributed by atoms with E-state index in [9.17, 15) is 9.59 Å². The highest BCUT2D eigenvalue weighted by molar-refractivity contribution is 5.96. The maximum absolute atomic E-state index is 11.4. The van der Waals surface area contributed by atoms with Gasteiger partial charge in [-0.3, -0.25) is 15.0 Å². The van der Waals surface area contributed by atoms with Crippen LogP contribution in [0.2, 0.25) is 0 Å². The van der Waals surface area contributed by atoms with Crippen LogP contribution in [0.4, 0.5) is 0 Å². The monoisotopic (exact) mass is 229 g/mol. The molecule has 5 nitrogen and oxygen atoms in total. The van der Waals surface area contributed by atoms with Gasteiger partial charge in [0.1, 0.15) is 6.42 Å². The molecule has 0 aliphatic rings. The lowest BCUT2D eigenvalue weighted by Crippen LogP contribution is -2.36. The maximum Gasteiger partial charge on any atom is 0.243 e. The Morgan fingerprint density at radius 1 is 1.19 bits per heavy atom. The van der Waals surface area contributed by atoms with Gasteiger partial charge in [-0.15, -0.1) is 0 Å². The van der Waals surface area contributed by atoms with E-state index in [0.717, 1.165) is 12.8 Å². The van der Waals surface area contributed by atoms with Crippen molar-refractivity contribution in [3.05, 3.63) is 0 Å². The summed E-state index contributed by atoms with van der Waals surface area (Å²) in [4.78, 5) is 23.9. The van der Waals surface area contributed by atoms with Gasteiger partial charge in [-0.25, -0.2) is 5.84 Å². The molecule has 0 unspecified atom stereocenters. The van der Waals surface area contributed by atoms with Crippen molar-refractivity contribution in [2.45, 2.75) is 45.4 Å².